The van der Waals surface area contributed by atoms with Crippen molar-refractivity contribution in [1.29, 1.82) is 0 Å². The molecular formula is C14H15F3N2O. The topological polar surface area (TPSA) is 51.2 Å². The largest absolute Gasteiger partial charge is 0.465 e. The van der Waals surface area contributed by atoms with Crippen molar-refractivity contribution in [2.75, 3.05) is 0 Å². The summed E-state index contributed by atoms with van der Waals surface area (Å²) in [6.45, 7) is 1.79. The number of halogens is 3. The van der Waals surface area contributed by atoms with Crippen molar-refractivity contribution in [2.45, 2.75) is 25.6 Å². The van der Waals surface area contributed by atoms with Crippen molar-refractivity contribution in [2.24, 2.45) is 5.84 Å². The summed E-state index contributed by atoms with van der Waals surface area (Å²) < 4.78 is 43.4. The van der Waals surface area contributed by atoms with Gasteiger partial charge < -0.3 is 4.42 Å². The number of alkyl halides is 3. The van der Waals surface area contributed by atoms with E-state index in [-0.39, 0.29) is 6.04 Å². The van der Waals surface area contributed by atoms with Crippen LogP contribution in [0.2, 0.25) is 0 Å². The molecule has 0 spiro atoms. The van der Waals surface area contributed by atoms with E-state index in [2.05, 4.69) is 5.43 Å². The average Bonchev–Trinajstić information content (AvgIpc) is 2.82. The third kappa shape index (κ3) is 3.40. The summed E-state index contributed by atoms with van der Waals surface area (Å²) in [6, 6.07) is 8.37. The standard InChI is InChI=1S/C14H15F3N2O/c1-9-5-6-13(20-9)12(19-18)8-10-3-2-4-11(7-10)14(15,16)17/h2-7,12,19H,8,18H2,1H3. The second kappa shape index (κ2) is 5.68. The minimum absolute atomic E-state index is 0.313. The maximum absolute atomic E-state index is 12.7. The molecule has 3 N–H and O–H groups in total. The van der Waals surface area contributed by atoms with Gasteiger partial charge in [-0.15, -0.1) is 0 Å². The quantitative estimate of drug-likeness (QED) is 0.668. The molecule has 0 amide bonds. The van der Waals surface area contributed by atoms with Gasteiger partial charge >= 0.3 is 6.18 Å². The summed E-state index contributed by atoms with van der Waals surface area (Å²) in [5.74, 6) is 6.78. The minimum Gasteiger partial charge on any atom is -0.465 e. The van der Waals surface area contributed by atoms with Crippen molar-refractivity contribution in [3.8, 4) is 0 Å². The number of hydrogen-bond acceptors (Lipinski definition) is 3. The van der Waals surface area contributed by atoms with Gasteiger partial charge in [-0.2, -0.15) is 13.2 Å². The lowest BCUT2D eigenvalue weighted by Crippen LogP contribution is -2.29. The molecule has 0 aliphatic carbocycles. The van der Waals surface area contributed by atoms with Crippen LogP contribution in [0.25, 0.3) is 0 Å². The number of hydrogen-bond donors (Lipinski definition) is 2. The Morgan fingerprint density at radius 3 is 2.55 bits per heavy atom. The number of aryl methyl sites for hydroxylation is 1. The van der Waals surface area contributed by atoms with Crippen LogP contribution >= 0.6 is 0 Å². The minimum atomic E-state index is -4.34. The SMILES string of the molecule is Cc1ccc(C(Cc2cccc(C(F)(F)F)c2)NN)o1. The Labute approximate surface area is 114 Å². The average molecular weight is 284 g/mol. The summed E-state index contributed by atoms with van der Waals surface area (Å²) >= 11 is 0. The lowest BCUT2D eigenvalue weighted by atomic mass is 10.0. The first-order valence-electron chi connectivity index (χ1n) is 6.09. The monoisotopic (exact) mass is 284 g/mol. The number of nitrogens with one attached hydrogen (secondary N) is 1. The van der Waals surface area contributed by atoms with E-state index < -0.39 is 11.7 Å². The van der Waals surface area contributed by atoms with E-state index in [9.17, 15) is 13.2 Å². The van der Waals surface area contributed by atoms with Crippen LogP contribution in [0.15, 0.2) is 40.8 Å². The molecule has 6 heteroatoms. The molecule has 0 radical (unpaired) electrons. The van der Waals surface area contributed by atoms with Crippen LogP contribution in [0.3, 0.4) is 0 Å². The fourth-order valence-corrected chi connectivity index (χ4v) is 1.99. The van der Waals surface area contributed by atoms with E-state index in [4.69, 9.17) is 10.3 Å². The maximum Gasteiger partial charge on any atom is 0.416 e. The highest BCUT2D eigenvalue weighted by molar-refractivity contribution is 5.27. The van der Waals surface area contributed by atoms with Gasteiger partial charge in [-0.3, -0.25) is 5.84 Å². The number of hydrazine groups is 1. The van der Waals surface area contributed by atoms with Crippen molar-refractivity contribution in [3.05, 3.63) is 59.0 Å². The predicted octanol–water partition coefficient (Wildman–Crippen LogP) is 3.35. The Morgan fingerprint density at radius 1 is 1.25 bits per heavy atom. The summed E-state index contributed by atoms with van der Waals surface area (Å²) in [5, 5.41) is 0. The van der Waals surface area contributed by atoms with Crippen molar-refractivity contribution < 1.29 is 17.6 Å². The fourth-order valence-electron chi connectivity index (χ4n) is 1.99. The Bertz CT molecular complexity index is 578. The van der Waals surface area contributed by atoms with E-state index in [1.54, 1.807) is 25.1 Å². The van der Waals surface area contributed by atoms with Crippen LogP contribution in [0.1, 0.15) is 28.7 Å². The van der Waals surface area contributed by atoms with E-state index in [0.717, 1.165) is 17.9 Å². The molecule has 0 aliphatic rings. The zero-order valence-corrected chi connectivity index (χ0v) is 10.9. The second-order valence-corrected chi connectivity index (χ2v) is 4.57. The second-order valence-electron chi connectivity index (χ2n) is 4.57. The van der Waals surface area contributed by atoms with E-state index in [0.29, 0.717) is 17.7 Å². The van der Waals surface area contributed by atoms with E-state index >= 15 is 0 Å². The highest BCUT2D eigenvalue weighted by atomic mass is 19.4. The molecule has 108 valence electrons. The van der Waals surface area contributed by atoms with Gasteiger partial charge in [-0.25, -0.2) is 5.43 Å². The molecule has 1 aromatic heterocycles. The Morgan fingerprint density at radius 2 is 2.00 bits per heavy atom. The molecule has 20 heavy (non-hydrogen) atoms. The molecule has 0 bridgehead atoms. The molecule has 0 aliphatic heterocycles. The summed E-state index contributed by atoms with van der Waals surface area (Å²) in [4.78, 5) is 0. The van der Waals surface area contributed by atoms with Gasteiger partial charge in [0, 0.05) is 0 Å². The zero-order valence-electron chi connectivity index (χ0n) is 10.9. The fraction of sp³-hybridized carbons (Fsp3) is 0.286. The van der Waals surface area contributed by atoms with Crippen LogP contribution in [-0.2, 0) is 12.6 Å². The first kappa shape index (κ1) is 14.6. The van der Waals surface area contributed by atoms with Gasteiger partial charge in [-0.1, -0.05) is 18.2 Å². The number of rotatable bonds is 4. The summed E-state index contributed by atoms with van der Waals surface area (Å²) in [6.07, 6.45) is -4.03. The lowest BCUT2D eigenvalue weighted by Gasteiger charge is -2.15. The molecule has 1 unspecified atom stereocenters. The van der Waals surface area contributed by atoms with Gasteiger partial charge in [0.25, 0.3) is 0 Å². The Balaban J connectivity index is 2.20. The summed E-state index contributed by atoms with van der Waals surface area (Å²) in [7, 11) is 0. The van der Waals surface area contributed by atoms with Crippen LogP contribution in [0.4, 0.5) is 13.2 Å². The smallest absolute Gasteiger partial charge is 0.416 e. The number of nitrogens with two attached hydrogens (primary N) is 1. The van der Waals surface area contributed by atoms with Gasteiger partial charge in [0.2, 0.25) is 0 Å². The molecule has 1 heterocycles. The third-order valence-electron chi connectivity index (χ3n) is 3.00. The van der Waals surface area contributed by atoms with Crippen LogP contribution in [0, 0.1) is 6.92 Å². The number of benzene rings is 1. The number of furan rings is 1. The van der Waals surface area contributed by atoms with Gasteiger partial charge in [0.15, 0.2) is 0 Å². The van der Waals surface area contributed by atoms with Crippen molar-refractivity contribution in [3.63, 3.8) is 0 Å². The molecule has 2 aromatic rings. The van der Waals surface area contributed by atoms with Gasteiger partial charge in [0.05, 0.1) is 11.6 Å². The van der Waals surface area contributed by atoms with Crippen molar-refractivity contribution in [1.82, 2.24) is 5.43 Å². The third-order valence-corrected chi connectivity index (χ3v) is 3.00. The van der Waals surface area contributed by atoms with Crippen LogP contribution in [-0.4, -0.2) is 0 Å². The Hall–Kier alpha value is -1.79. The van der Waals surface area contributed by atoms with Gasteiger partial charge in [-0.05, 0) is 37.1 Å². The van der Waals surface area contributed by atoms with E-state index in [1.165, 1.54) is 6.07 Å². The zero-order chi connectivity index (χ0) is 14.8. The van der Waals surface area contributed by atoms with Crippen LogP contribution < -0.4 is 11.3 Å². The Kier molecular flexibility index (Phi) is 4.15. The lowest BCUT2D eigenvalue weighted by molar-refractivity contribution is -0.137. The molecule has 1 atom stereocenters. The molecule has 0 fully saturated rings. The van der Waals surface area contributed by atoms with Crippen LogP contribution in [0.5, 0.6) is 0 Å². The molecular weight excluding hydrogens is 269 g/mol. The first-order chi connectivity index (χ1) is 9.40. The molecule has 0 saturated heterocycles. The first-order valence-corrected chi connectivity index (χ1v) is 6.09. The molecule has 0 saturated carbocycles. The normalized spacial score (nSPS) is 13.4. The van der Waals surface area contributed by atoms with Gasteiger partial charge in [0.1, 0.15) is 11.5 Å². The van der Waals surface area contributed by atoms with E-state index in [1.807, 2.05) is 0 Å². The molecule has 2 rings (SSSR count). The predicted molar refractivity (Wildman–Crippen MR) is 68.7 cm³/mol. The summed E-state index contributed by atoms with van der Waals surface area (Å²) in [5.41, 5.74) is 2.44. The molecule has 3 nitrogen and oxygen atoms in total. The highest BCUT2D eigenvalue weighted by Gasteiger charge is 2.30. The maximum atomic E-state index is 12.7. The molecule has 1 aromatic carbocycles. The highest BCUT2D eigenvalue weighted by Crippen LogP contribution is 2.30. The van der Waals surface area contributed by atoms with Crippen molar-refractivity contribution >= 4 is 0 Å².